The first kappa shape index (κ1) is 19.6. The Labute approximate surface area is 151 Å². The van der Waals surface area contributed by atoms with Gasteiger partial charge in [-0.05, 0) is 25.2 Å². The van der Waals surface area contributed by atoms with Crippen molar-refractivity contribution < 1.29 is 8.42 Å². The summed E-state index contributed by atoms with van der Waals surface area (Å²) in [6.07, 6.45) is 12.1. The van der Waals surface area contributed by atoms with Gasteiger partial charge in [0.1, 0.15) is 0 Å². The highest BCUT2D eigenvalue weighted by molar-refractivity contribution is 14.0. The van der Waals surface area contributed by atoms with Gasteiger partial charge in [0.25, 0.3) is 0 Å². The Balaban J connectivity index is 0.00000242. The summed E-state index contributed by atoms with van der Waals surface area (Å²) < 4.78 is 22.9. The average Bonchev–Trinajstić information content (AvgIpc) is 2.82. The van der Waals surface area contributed by atoms with Gasteiger partial charge in [-0.15, -0.1) is 30.4 Å². The summed E-state index contributed by atoms with van der Waals surface area (Å²) in [6.45, 7) is 0.980. The van der Waals surface area contributed by atoms with Crippen LogP contribution in [0.1, 0.15) is 38.5 Å². The van der Waals surface area contributed by atoms with Gasteiger partial charge >= 0.3 is 0 Å². The zero-order valence-electron chi connectivity index (χ0n) is 12.9. The molecule has 0 aromatic heterocycles. The van der Waals surface area contributed by atoms with E-state index in [2.05, 4.69) is 21.5 Å². The zero-order valence-corrected chi connectivity index (χ0v) is 16.0. The van der Waals surface area contributed by atoms with E-state index < -0.39 is 9.84 Å². The lowest BCUT2D eigenvalue weighted by atomic mass is 9.96. The third kappa shape index (κ3) is 6.73. The first-order chi connectivity index (χ1) is 10.1. The van der Waals surface area contributed by atoms with Crippen molar-refractivity contribution in [1.29, 1.82) is 0 Å². The van der Waals surface area contributed by atoms with Crippen molar-refractivity contribution >= 4 is 39.8 Å². The molecule has 1 atom stereocenters. The minimum Gasteiger partial charge on any atom is -0.354 e. The highest BCUT2D eigenvalue weighted by Crippen LogP contribution is 2.19. The van der Waals surface area contributed by atoms with Crippen LogP contribution < -0.4 is 10.6 Å². The molecular formula is C15H26IN3O2S. The standard InChI is InChI=1S/C15H25N3O2S.HI/c1-2-9-16-15(18-14-6-4-3-5-7-14)17-11-13-8-10-21(19,20)12-13;/h1,13-14H,3-12H2,(H2,16,17,18);1H. The summed E-state index contributed by atoms with van der Waals surface area (Å²) in [7, 11) is -2.83. The SMILES string of the molecule is C#CCNC(=NCC1CCS(=O)(=O)C1)NC1CCCCC1.I. The molecule has 126 valence electrons. The van der Waals surface area contributed by atoms with Gasteiger partial charge in [0.15, 0.2) is 15.8 Å². The summed E-state index contributed by atoms with van der Waals surface area (Å²) in [5.41, 5.74) is 0. The van der Waals surface area contributed by atoms with E-state index in [0.717, 1.165) is 25.2 Å². The Bertz CT molecular complexity index is 507. The maximum absolute atomic E-state index is 11.5. The molecule has 0 amide bonds. The molecule has 2 rings (SSSR count). The van der Waals surface area contributed by atoms with Crippen LogP contribution in [-0.2, 0) is 9.84 Å². The minimum absolute atomic E-state index is 0. The smallest absolute Gasteiger partial charge is 0.192 e. The van der Waals surface area contributed by atoms with E-state index in [-0.39, 0.29) is 35.6 Å². The molecule has 22 heavy (non-hydrogen) atoms. The molecule has 5 nitrogen and oxygen atoms in total. The fourth-order valence-corrected chi connectivity index (χ4v) is 4.81. The Kier molecular flexibility index (Phi) is 8.54. The summed E-state index contributed by atoms with van der Waals surface area (Å²) in [4.78, 5) is 4.54. The molecule has 0 spiro atoms. The maximum Gasteiger partial charge on any atom is 0.192 e. The van der Waals surface area contributed by atoms with Crippen LogP contribution in [0.4, 0.5) is 0 Å². The first-order valence-electron chi connectivity index (χ1n) is 7.78. The Morgan fingerprint density at radius 3 is 2.55 bits per heavy atom. The number of terminal acetylenes is 1. The van der Waals surface area contributed by atoms with Crippen LogP contribution in [0.3, 0.4) is 0 Å². The summed E-state index contributed by atoms with van der Waals surface area (Å²) in [5, 5.41) is 6.54. The number of nitrogens with zero attached hydrogens (tertiary/aromatic N) is 1. The quantitative estimate of drug-likeness (QED) is 0.302. The molecule has 1 saturated carbocycles. The second kappa shape index (κ2) is 9.60. The van der Waals surface area contributed by atoms with Crippen molar-refractivity contribution in [1.82, 2.24) is 10.6 Å². The monoisotopic (exact) mass is 439 g/mol. The normalized spacial score (nSPS) is 25.0. The zero-order chi connectivity index (χ0) is 15.1. The number of aliphatic imine (C=N–C) groups is 1. The van der Waals surface area contributed by atoms with Crippen molar-refractivity contribution in [2.24, 2.45) is 10.9 Å². The van der Waals surface area contributed by atoms with Gasteiger partial charge in [0.2, 0.25) is 0 Å². The van der Waals surface area contributed by atoms with Gasteiger partial charge in [-0.25, -0.2) is 8.42 Å². The van der Waals surface area contributed by atoms with Crippen LogP contribution >= 0.6 is 24.0 Å². The third-order valence-electron chi connectivity index (χ3n) is 4.14. The van der Waals surface area contributed by atoms with Crippen molar-refractivity contribution in [3.05, 3.63) is 0 Å². The highest BCUT2D eigenvalue weighted by Gasteiger charge is 2.27. The van der Waals surface area contributed by atoms with Crippen LogP contribution in [0.5, 0.6) is 0 Å². The third-order valence-corrected chi connectivity index (χ3v) is 5.98. The molecule has 1 aliphatic heterocycles. The lowest BCUT2D eigenvalue weighted by molar-refractivity contribution is 0.410. The van der Waals surface area contributed by atoms with Crippen molar-refractivity contribution in [2.75, 3.05) is 24.6 Å². The number of nitrogens with one attached hydrogen (secondary N) is 2. The molecule has 1 heterocycles. The molecule has 1 saturated heterocycles. The fraction of sp³-hybridized carbons (Fsp3) is 0.800. The number of sulfone groups is 1. The van der Waals surface area contributed by atoms with Crippen LogP contribution in [0, 0.1) is 18.3 Å². The molecule has 0 aromatic rings. The summed E-state index contributed by atoms with van der Waals surface area (Å²) in [5.74, 6) is 3.99. The van der Waals surface area contributed by atoms with Gasteiger partial charge in [0, 0.05) is 12.6 Å². The summed E-state index contributed by atoms with van der Waals surface area (Å²) >= 11 is 0. The van der Waals surface area contributed by atoms with Gasteiger partial charge in [-0.3, -0.25) is 4.99 Å². The Hall–Kier alpha value is -0.490. The summed E-state index contributed by atoms with van der Waals surface area (Å²) in [6, 6.07) is 0.454. The van der Waals surface area contributed by atoms with E-state index in [1.165, 1.54) is 19.3 Å². The Morgan fingerprint density at radius 2 is 1.95 bits per heavy atom. The molecule has 0 aromatic carbocycles. The van der Waals surface area contributed by atoms with Crippen molar-refractivity contribution in [3.63, 3.8) is 0 Å². The Morgan fingerprint density at radius 1 is 1.23 bits per heavy atom. The molecule has 7 heteroatoms. The van der Waals surface area contributed by atoms with E-state index >= 15 is 0 Å². The number of hydrogen-bond acceptors (Lipinski definition) is 3. The molecule has 1 aliphatic carbocycles. The van der Waals surface area contributed by atoms with Crippen molar-refractivity contribution in [2.45, 2.75) is 44.6 Å². The molecule has 0 bridgehead atoms. The van der Waals surface area contributed by atoms with E-state index in [9.17, 15) is 8.42 Å². The van der Waals surface area contributed by atoms with Gasteiger partial charge < -0.3 is 10.6 Å². The lowest BCUT2D eigenvalue weighted by Gasteiger charge is -2.25. The van der Waals surface area contributed by atoms with Gasteiger partial charge in [0.05, 0.1) is 18.1 Å². The number of rotatable bonds is 4. The van der Waals surface area contributed by atoms with E-state index in [4.69, 9.17) is 6.42 Å². The second-order valence-electron chi connectivity index (χ2n) is 6.00. The first-order valence-corrected chi connectivity index (χ1v) is 9.60. The second-order valence-corrected chi connectivity index (χ2v) is 8.22. The number of hydrogen-bond donors (Lipinski definition) is 2. The van der Waals surface area contributed by atoms with E-state index in [0.29, 0.717) is 24.9 Å². The van der Waals surface area contributed by atoms with Crippen molar-refractivity contribution in [3.8, 4) is 12.3 Å². The van der Waals surface area contributed by atoms with E-state index in [1.54, 1.807) is 0 Å². The van der Waals surface area contributed by atoms with Gasteiger partial charge in [-0.1, -0.05) is 25.2 Å². The predicted molar refractivity (Wildman–Crippen MR) is 101 cm³/mol. The maximum atomic E-state index is 11.5. The van der Waals surface area contributed by atoms with Crippen LogP contribution in [0.25, 0.3) is 0 Å². The number of guanidine groups is 1. The molecule has 2 fully saturated rings. The lowest BCUT2D eigenvalue weighted by Crippen LogP contribution is -2.44. The predicted octanol–water partition coefficient (Wildman–Crippen LogP) is 1.54. The van der Waals surface area contributed by atoms with Crippen LogP contribution in [0.15, 0.2) is 4.99 Å². The fourth-order valence-electron chi connectivity index (χ4n) is 2.96. The minimum atomic E-state index is -2.83. The van der Waals surface area contributed by atoms with Gasteiger partial charge in [-0.2, -0.15) is 0 Å². The highest BCUT2D eigenvalue weighted by atomic mass is 127. The molecule has 2 N–H and O–H groups in total. The van der Waals surface area contributed by atoms with Crippen LogP contribution in [0.2, 0.25) is 0 Å². The molecular weight excluding hydrogens is 413 g/mol. The molecule has 0 radical (unpaired) electrons. The molecule has 1 unspecified atom stereocenters. The number of halogens is 1. The molecule has 2 aliphatic rings. The largest absolute Gasteiger partial charge is 0.354 e. The topological polar surface area (TPSA) is 70.6 Å². The average molecular weight is 439 g/mol. The van der Waals surface area contributed by atoms with Crippen LogP contribution in [-0.4, -0.2) is 45.0 Å². The van der Waals surface area contributed by atoms with E-state index in [1.807, 2.05) is 0 Å².